The molecule has 0 fully saturated rings. The minimum Gasteiger partial charge on any atom is -0.309 e. The van der Waals surface area contributed by atoms with E-state index < -0.39 is 15.8 Å². The van der Waals surface area contributed by atoms with Gasteiger partial charge in [0.1, 0.15) is 10.7 Å². The zero-order valence-corrected chi connectivity index (χ0v) is 14.2. The monoisotopic (exact) mass is 356 g/mol. The van der Waals surface area contributed by atoms with Crippen molar-refractivity contribution in [2.45, 2.75) is 31.5 Å². The van der Waals surface area contributed by atoms with Gasteiger partial charge in [-0.2, -0.15) is 0 Å². The molecule has 2 aromatic rings. The van der Waals surface area contributed by atoms with Gasteiger partial charge in [-0.1, -0.05) is 24.3 Å². The number of halogens is 2. The lowest BCUT2D eigenvalue weighted by atomic mass is 10.1. The Morgan fingerprint density at radius 1 is 1.13 bits per heavy atom. The highest BCUT2D eigenvalue weighted by molar-refractivity contribution is 7.89. The molecule has 1 aliphatic rings. The van der Waals surface area contributed by atoms with Crippen molar-refractivity contribution in [3.05, 3.63) is 64.5 Å². The Hall–Kier alpha value is -1.47. The molecule has 1 heterocycles. The topological polar surface area (TPSA) is 58.2 Å². The summed E-state index contributed by atoms with van der Waals surface area (Å²) in [6.45, 7) is 3.51. The Labute approximate surface area is 141 Å². The number of hydrogen-bond acceptors (Lipinski definition) is 3. The van der Waals surface area contributed by atoms with Crippen LogP contribution in [-0.2, 0) is 29.7 Å². The fourth-order valence-corrected chi connectivity index (χ4v) is 3.71. The van der Waals surface area contributed by atoms with Gasteiger partial charge in [-0.05, 0) is 41.3 Å². The van der Waals surface area contributed by atoms with Crippen LogP contribution in [0.25, 0.3) is 0 Å². The maximum atomic E-state index is 13.7. The first-order valence-corrected chi connectivity index (χ1v) is 8.51. The third kappa shape index (κ3) is 3.90. The molecule has 1 aliphatic heterocycles. The molecule has 0 spiro atoms. The molecule has 0 radical (unpaired) electrons. The van der Waals surface area contributed by atoms with Crippen molar-refractivity contribution in [3.8, 4) is 0 Å². The SMILES string of the molecule is Cc1ccc(F)c(S(=O)(=O)NCc2ccc3c(c2)CNC3)c1.Cl. The minimum absolute atomic E-state index is 0. The molecule has 7 heteroatoms. The number of nitrogens with one attached hydrogen (secondary N) is 2. The summed E-state index contributed by atoms with van der Waals surface area (Å²) in [5, 5.41) is 3.24. The van der Waals surface area contributed by atoms with Crippen LogP contribution < -0.4 is 10.0 Å². The summed E-state index contributed by atoms with van der Waals surface area (Å²) in [5.74, 6) is -0.740. The van der Waals surface area contributed by atoms with E-state index in [2.05, 4.69) is 10.0 Å². The lowest BCUT2D eigenvalue weighted by Gasteiger charge is -2.09. The molecule has 0 amide bonds. The van der Waals surface area contributed by atoms with Crippen LogP contribution in [-0.4, -0.2) is 8.42 Å². The second kappa shape index (κ2) is 6.97. The number of hydrogen-bond donors (Lipinski definition) is 2. The molecule has 23 heavy (non-hydrogen) atoms. The van der Waals surface area contributed by atoms with Crippen LogP contribution in [0.3, 0.4) is 0 Å². The van der Waals surface area contributed by atoms with E-state index in [1.54, 1.807) is 13.0 Å². The highest BCUT2D eigenvalue weighted by Crippen LogP contribution is 2.19. The van der Waals surface area contributed by atoms with E-state index in [9.17, 15) is 12.8 Å². The molecular weight excluding hydrogens is 339 g/mol. The van der Waals surface area contributed by atoms with E-state index >= 15 is 0 Å². The summed E-state index contributed by atoms with van der Waals surface area (Å²) in [7, 11) is -3.87. The zero-order chi connectivity index (χ0) is 15.7. The normalized spacial score (nSPS) is 13.5. The molecule has 0 aliphatic carbocycles. The lowest BCUT2D eigenvalue weighted by molar-refractivity contribution is 0.556. The summed E-state index contributed by atoms with van der Waals surface area (Å²) < 4.78 is 40.7. The predicted octanol–water partition coefficient (Wildman–Crippen LogP) is 2.64. The Bertz CT molecular complexity index is 825. The van der Waals surface area contributed by atoms with Crippen LogP contribution in [0.5, 0.6) is 0 Å². The molecule has 0 bridgehead atoms. The first-order valence-electron chi connectivity index (χ1n) is 7.03. The van der Waals surface area contributed by atoms with Gasteiger partial charge in [0.2, 0.25) is 10.0 Å². The molecule has 0 saturated carbocycles. The number of benzene rings is 2. The average Bonchev–Trinajstić information content (AvgIpc) is 2.95. The van der Waals surface area contributed by atoms with Gasteiger partial charge < -0.3 is 5.32 Å². The molecule has 0 saturated heterocycles. The molecule has 2 aromatic carbocycles. The van der Waals surface area contributed by atoms with Gasteiger partial charge in [0, 0.05) is 19.6 Å². The van der Waals surface area contributed by atoms with Crippen molar-refractivity contribution in [1.82, 2.24) is 10.0 Å². The summed E-state index contributed by atoms with van der Waals surface area (Å²) in [6.07, 6.45) is 0. The summed E-state index contributed by atoms with van der Waals surface area (Å²) in [4.78, 5) is -0.310. The van der Waals surface area contributed by atoms with Crippen LogP contribution in [0.1, 0.15) is 22.3 Å². The second-order valence-corrected chi connectivity index (χ2v) is 7.20. The van der Waals surface area contributed by atoms with Crippen LogP contribution in [0, 0.1) is 12.7 Å². The van der Waals surface area contributed by atoms with Crippen molar-refractivity contribution >= 4 is 22.4 Å². The summed E-state index contributed by atoms with van der Waals surface area (Å²) >= 11 is 0. The number of rotatable bonds is 4. The van der Waals surface area contributed by atoms with Crippen molar-refractivity contribution in [3.63, 3.8) is 0 Å². The Morgan fingerprint density at radius 3 is 2.65 bits per heavy atom. The van der Waals surface area contributed by atoms with Gasteiger partial charge in [-0.15, -0.1) is 12.4 Å². The highest BCUT2D eigenvalue weighted by Gasteiger charge is 2.19. The minimum atomic E-state index is -3.87. The van der Waals surface area contributed by atoms with Crippen LogP contribution in [0.4, 0.5) is 4.39 Å². The van der Waals surface area contributed by atoms with E-state index in [-0.39, 0.29) is 23.8 Å². The van der Waals surface area contributed by atoms with E-state index in [1.165, 1.54) is 23.3 Å². The Morgan fingerprint density at radius 2 is 1.87 bits per heavy atom. The van der Waals surface area contributed by atoms with E-state index in [0.717, 1.165) is 18.7 Å². The molecule has 2 N–H and O–H groups in total. The molecule has 0 aromatic heterocycles. The van der Waals surface area contributed by atoms with Crippen molar-refractivity contribution in [2.24, 2.45) is 0 Å². The van der Waals surface area contributed by atoms with Gasteiger partial charge in [-0.3, -0.25) is 0 Å². The van der Waals surface area contributed by atoms with E-state index in [0.29, 0.717) is 5.56 Å². The van der Waals surface area contributed by atoms with Crippen LogP contribution in [0.2, 0.25) is 0 Å². The number of fused-ring (bicyclic) bond motifs is 1. The maximum Gasteiger partial charge on any atom is 0.243 e. The third-order valence-corrected chi connectivity index (χ3v) is 5.16. The molecule has 0 atom stereocenters. The van der Waals surface area contributed by atoms with Gasteiger partial charge in [-0.25, -0.2) is 17.5 Å². The zero-order valence-electron chi connectivity index (χ0n) is 12.6. The molecule has 124 valence electrons. The highest BCUT2D eigenvalue weighted by atomic mass is 35.5. The summed E-state index contributed by atoms with van der Waals surface area (Å²) in [5.41, 5.74) is 3.97. The second-order valence-electron chi connectivity index (χ2n) is 5.47. The van der Waals surface area contributed by atoms with Gasteiger partial charge >= 0.3 is 0 Å². The fourth-order valence-electron chi connectivity index (χ4n) is 2.53. The molecular formula is C16H18ClFN2O2S. The molecule has 3 rings (SSSR count). The number of aryl methyl sites for hydroxylation is 1. The fraction of sp³-hybridized carbons (Fsp3) is 0.250. The van der Waals surface area contributed by atoms with Crippen molar-refractivity contribution in [2.75, 3.05) is 0 Å². The molecule has 0 unspecified atom stereocenters. The quantitative estimate of drug-likeness (QED) is 0.885. The first-order chi connectivity index (χ1) is 10.5. The predicted molar refractivity (Wildman–Crippen MR) is 89.4 cm³/mol. The van der Waals surface area contributed by atoms with Crippen LogP contribution >= 0.6 is 12.4 Å². The van der Waals surface area contributed by atoms with Gasteiger partial charge in [0.25, 0.3) is 0 Å². The van der Waals surface area contributed by atoms with E-state index in [1.807, 2.05) is 18.2 Å². The lowest BCUT2D eigenvalue weighted by Crippen LogP contribution is -2.24. The van der Waals surface area contributed by atoms with Gasteiger partial charge in [0.15, 0.2) is 0 Å². The molecule has 4 nitrogen and oxygen atoms in total. The summed E-state index contributed by atoms with van der Waals surface area (Å²) in [6, 6.07) is 9.91. The largest absolute Gasteiger partial charge is 0.309 e. The number of sulfonamides is 1. The van der Waals surface area contributed by atoms with Gasteiger partial charge in [0.05, 0.1) is 0 Å². The Balaban J connectivity index is 0.00000192. The van der Waals surface area contributed by atoms with Crippen LogP contribution in [0.15, 0.2) is 41.3 Å². The third-order valence-electron chi connectivity index (χ3n) is 3.74. The first kappa shape index (κ1) is 17.9. The smallest absolute Gasteiger partial charge is 0.243 e. The van der Waals surface area contributed by atoms with E-state index in [4.69, 9.17) is 0 Å². The standard InChI is InChI=1S/C16H17FN2O2S.ClH/c1-11-2-5-15(17)16(6-11)22(20,21)19-8-12-3-4-13-9-18-10-14(13)7-12;/h2-7,18-19H,8-10H2,1H3;1H. The van der Waals surface area contributed by atoms with Crippen molar-refractivity contribution < 1.29 is 12.8 Å². The van der Waals surface area contributed by atoms with Crippen molar-refractivity contribution in [1.29, 1.82) is 0 Å². The Kier molecular flexibility index (Phi) is 5.41. The maximum absolute atomic E-state index is 13.7. The average molecular weight is 357 g/mol.